The highest BCUT2D eigenvalue weighted by atomic mass is 16.6. The van der Waals surface area contributed by atoms with Crippen molar-refractivity contribution in [2.45, 2.75) is 19.9 Å². The SMILES string of the molecule is COc1ccc(C(O)=C2C(=O)C(=O)N(c3cc(C)on3)[C@H]2c2ccc([N+](=O)[O-])cc2)cc1C. The molecule has 1 fully saturated rings. The van der Waals surface area contributed by atoms with E-state index in [9.17, 15) is 24.8 Å². The van der Waals surface area contributed by atoms with Gasteiger partial charge in [-0.3, -0.25) is 24.6 Å². The van der Waals surface area contributed by atoms with E-state index in [1.807, 2.05) is 0 Å². The van der Waals surface area contributed by atoms with Gasteiger partial charge < -0.3 is 14.4 Å². The maximum absolute atomic E-state index is 13.1. The third-order valence-corrected chi connectivity index (χ3v) is 5.39. The molecule has 3 aromatic rings. The number of aryl methyl sites for hydroxylation is 2. The van der Waals surface area contributed by atoms with Gasteiger partial charge in [0.1, 0.15) is 17.3 Å². The van der Waals surface area contributed by atoms with Crippen LogP contribution in [0.25, 0.3) is 5.76 Å². The number of carbonyl (C=O) groups excluding carboxylic acids is 2. The number of ether oxygens (including phenoxy) is 1. The van der Waals surface area contributed by atoms with E-state index in [1.54, 1.807) is 32.0 Å². The van der Waals surface area contributed by atoms with Crippen molar-refractivity contribution in [1.29, 1.82) is 0 Å². The molecule has 1 saturated heterocycles. The summed E-state index contributed by atoms with van der Waals surface area (Å²) in [6.45, 7) is 3.41. The number of non-ortho nitro benzene ring substituents is 1. The molecule has 1 aliphatic heterocycles. The van der Waals surface area contributed by atoms with Gasteiger partial charge in [-0.05, 0) is 55.3 Å². The minimum absolute atomic E-state index is 0.0860. The lowest BCUT2D eigenvalue weighted by molar-refractivity contribution is -0.384. The zero-order chi connectivity index (χ0) is 23.9. The summed E-state index contributed by atoms with van der Waals surface area (Å²) in [5.74, 6) is -1.10. The van der Waals surface area contributed by atoms with E-state index in [1.165, 1.54) is 37.4 Å². The lowest BCUT2D eigenvalue weighted by Crippen LogP contribution is -2.29. The second kappa shape index (κ2) is 8.23. The summed E-state index contributed by atoms with van der Waals surface area (Å²) in [7, 11) is 1.52. The number of hydrogen-bond donors (Lipinski definition) is 1. The number of amides is 1. The van der Waals surface area contributed by atoms with Gasteiger partial charge >= 0.3 is 5.91 Å². The molecule has 10 nitrogen and oxygen atoms in total. The Kier molecular flexibility index (Phi) is 5.42. The van der Waals surface area contributed by atoms with E-state index in [0.717, 1.165) is 10.5 Å². The van der Waals surface area contributed by atoms with Gasteiger partial charge in [0, 0.05) is 23.8 Å². The van der Waals surface area contributed by atoms with E-state index in [2.05, 4.69) is 5.16 Å². The number of nitro benzene ring substituents is 1. The molecule has 1 atom stereocenters. The maximum atomic E-state index is 13.1. The first kappa shape index (κ1) is 21.8. The molecule has 1 amide bonds. The van der Waals surface area contributed by atoms with Gasteiger partial charge in [-0.1, -0.05) is 5.16 Å². The van der Waals surface area contributed by atoms with Crippen LogP contribution < -0.4 is 9.64 Å². The number of hydrogen-bond acceptors (Lipinski definition) is 8. The number of nitrogens with zero attached hydrogens (tertiary/aromatic N) is 3. The Hall–Kier alpha value is -4.47. The molecular formula is C23H19N3O7. The van der Waals surface area contributed by atoms with Gasteiger partial charge in [0.15, 0.2) is 5.82 Å². The fourth-order valence-electron chi connectivity index (χ4n) is 3.81. The largest absolute Gasteiger partial charge is 0.507 e. The van der Waals surface area contributed by atoms with Crippen LogP contribution >= 0.6 is 0 Å². The molecular weight excluding hydrogens is 430 g/mol. The summed E-state index contributed by atoms with van der Waals surface area (Å²) in [6, 6.07) is 10.7. The Morgan fingerprint density at radius 1 is 1.15 bits per heavy atom. The highest BCUT2D eigenvalue weighted by molar-refractivity contribution is 6.51. The molecule has 2 aromatic carbocycles. The number of Topliss-reactive ketones (excluding diaryl/α,β-unsaturated/α-hetero) is 1. The molecule has 0 unspecified atom stereocenters. The highest BCUT2D eigenvalue weighted by Gasteiger charge is 2.48. The van der Waals surface area contributed by atoms with Crippen LogP contribution in [0.4, 0.5) is 11.5 Å². The molecule has 1 aromatic heterocycles. The van der Waals surface area contributed by atoms with Crippen molar-refractivity contribution in [3.63, 3.8) is 0 Å². The van der Waals surface area contributed by atoms with Crippen molar-refractivity contribution < 1.29 is 28.9 Å². The van der Waals surface area contributed by atoms with Crippen LogP contribution in [0.1, 0.15) is 28.5 Å². The molecule has 0 spiro atoms. The Balaban J connectivity index is 1.92. The van der Waals surface area contributed by atoms with Crippen molar-refractivity contribution >= 4 is 29.0 Å². The predicted molar refractivity (Wildman–Crippen MR) is 117 cm³/mol. The van der Waals surface area contributed by atoms with Crippen molar-refractivity contribution in [1.82, 2.24) is 5.16 Å². The number of aliphatic hydroxyl groups excluding tert-OH is 1. The first-order chi connectivity index (χ1) is 15.7. The van der Waals surface area contributed by atoms with Gasteiger partial charge in [0.25, 0.3) is 11.5 Å². The van der Waals surface area contributed by atoms with Crippen LogP contribution in [0, 0.1) is 24.0 Å². The quantitative estimate of drug-likeness (QED) is 0.204. The number of carbonyl (C=O) groups is 2. The summed E-state index contributed by atoms with van der Waals surface area (Å²) >= 11 is 0. The fourth-order valence-corrected chi connectivity index (χ4v) is 3.81. The van der Waals surface area contributed by atoms with Crippen molar-refractivity contribution in [3.8, 4) is 5.75 Å². The lowest BCUT2D eigenvalue weighted by atomic mass is 9.94. The molecule has 33 heavy (non-hydrogen) atoms. The zero-order valence-corrected chi connectivity index (χ0v) is 17.9. The first-order valence-corrected chi connectivity index (χ1v) is 9.86. The Bertz CT molecular complexity index is 1310. The summed E-state index contributed by atoms with van der Waals surface area (Å²) in [4.78, 5) is 37.7. The topological polar surface area (TPSA) is 136 Å². The number of anilines is 1. The minimum atomic E-state index is -1.07. The average Bonchev–Trinajstić information content (AvgIpc) is 3.34. The Morgan fingerprint density at radius 2 is 1.85 bits per heavy atom. The molecule has 10 heteroatoms. The van der Waals surface area contributed by atoms with E-state index >= 15 is 0 Å². The number of benzene rings is 2. The molecule has 0 saturated carbocycles. The van der Waals surface area contributed by atoms with Gasteiger partial charge in [0.2, 0.25) is 0 Å². The summed E-state index contributed by atoms with van der Waals surface area (Å²) in [6.07, 6.45) is 0. The Labute approximate surface area is 187 Å². The van der Waals surface area contributed by atoms with Crippen LogP contribution in [0.3, 0.4) is 0 Å². The normalized spacial score (nSPS) is 17.4. The summed E-state index contributed by atoms with van der Waals surface area (Å²) in [5.41, 5.74) is 1.09. The Morgan fingerprint density at radius 3 is 2.39 bits per heavy atom. The second-order valence-corrected chi connectivity index (χ2v) is 7.50. The number of methoxy groups -OCH3 is 1. The number of ketones is 1. The molecule has 1 N–H and O–H groups in total. The summed E-state index contributed by atoms with van der Waals surface area (Å²) < 4.78 is 10.3. The third kappa shape index (κ3) is 3.71. The van der Waals surface area contributed by atoms with Gasteiger partial charge in [-0.2, -0.15) is 0 Å². The molecule has 0 bridgehead atoms. The van der Waals surface area contributed by atoms with E-state index in [0.29, 0.717) is 22.6 Å². The van der Waals surface area contributed by atoms with Crippen LogP contribution in [-0.2, 0) is 9.59 Å². The number of aromatic nitrogens is 1. The second-order valence-electron chi connectivity index (χ2n) is 7.50. The number of rotatable bonds is 5. The van der Waals surface area contributed by atoms with Crippen LogP contribution in [0.2, 0.25) is 0 Å². The van der Waals surface area contributed by atoms with E-state index in [-0.39, 0.29) is 22.8 Å². The molecule has 2 heterocycles. The number of nitro groups is 1. The molecule has 168 valence electrons. The minimum Gasteiger partial charge on any atom is -0.507 e. The maximum Gasteiger partial charge on any atom is 0.301 e. The van der Waals surface area contributed by atoms with Crippen molar-refractivity contribution in [2.24, 2.45) is 0 Å². The highest BCUT2D eigenvalue weighted by Crippen LogP contribution is 2.42. The van der Waals surface area contributed by atoms with Crippen LogP contribution in [0.5, 0.6) is 5.75 Å². The van der Waals surface area contributed by atoms with Gasteiger partial charge in [0.05, 0.1) is 23.6 Å². The molecule has 4 rings (SSSR count). The van der Waals surface area contributed by atoms with E-state index < -0.39 is 22.7 Å². The van der Waals surface area contributed by atoms with Crippen LogP contribution in [-0.4, -0.2) is 34.0 Å². The smallest absolute Gasteiger partial charge is 0.301 e. The van der Waals surface area contributed by atoms with Crippen molar-refractivity contribution in [2.75, 3.05) is 12.0 Å². The van der Waals surface area contributed by atoms with Gasteiger partial charge in [-0.15, -0.1) is 0 Å². The van der Waals surface area contributed by atoms with E-state index in [4.69, 9.17) is 9.26 Å². The molecule has 0 aliphatic carbocycles. The van der Waals surface area contributed by atoms with Crippen LogP contribution in [0.15, 0.2) is 58.6 Å². The fraction of sp³-hybridized carbons (Fsp3) is 0.174. The van der Waals surface area contributed by atoms with Gasteiger partial charge in [-0.25, -0.2) is 0 Å². The number of aliphatic hydroxyl groups is 1. The lowest BCUT2D eigenvalue weighted by Gasteiger charge is -2.22. The zero-order valence-electron chi connectivity index (χ0n) is 17.9. The van der Waals surface area contributed by atoms with Crippen molar-refractivity contribution in [3.05, 3.63) is 86.7 Å². The summed E-state index contributed by atoms with van der Waals surface area (Å²) in [5, 5.41) is 26.1. The predicted octanol–water partition coefficient (Wildman–Crippen LogP) is 3.83. The average molecular weight is 449 g/mol. The standard InChI is InChI=1S/C23H19N3O7/c1-12-10-15(6-9-17(12)32-3)21(27)19-20(14-4-7-16(8-5-14)26(30)31)25(23(29)22(19)28)18-11-13(2)33-24-18/h4-11,20,27H,1-3H3/t20-/m0/s1. The first-order valence-electron chi connectivity index (χ1n) is 9.86. The molecule has 1 aliphatic rings. The monoisotopic (exact) mass is 449 g/mol. The molecule has 0 radical (unpaired) electrons. The third-order valence-electron chi connectivity index (χ3n) is 5.39.